The first-order valence-electron chi connectivity index (χ1n) is 9.65. The van der Waals surface area contributed by atoms with Crippen molar-refractivity contribution in [2.45, 2.75) is 45.2 Å². The van der Waals surface area contributed by atoms with Crippen LogP contribution in [0.25, 0.3) is 0 Å². The van der Waals surface area contributed by atoms with Gasteiger partial charge in [-0.2, -0.15) is 0 Å². The monoisotopic (exact) mass is 396 g/mol. The Morgan fingerprint density at radius 1 is 0.966 bits per heavy atom. The zero-order chi connectivity index (χ0) is 21.4. The Balaban J connectivity index is 2.18. The third-order valence-electron chi connectivity index (χ3n) is 5.15. The minimum Gasteiger partial charge on any atom is -0.481 e. The van der Waals surface area contributed by atoms with Gasteiger partial charge >= 0.3 is 5.97 Å². The topological polar surface area (TPSA) is 95.5 Å². The second-order valence-electron chi connectivity index (χ2n) is 7.70. The SMILES string of the molecule is CC(C)C(C)(CC(=O)O)NC(=O)CC(NC(=O)c1ccccc1)c1ccccc1. The summed E-state index contributed by atoms with van der Waals surface area (Å²) in [4.78, 5) is 36.7. The molecule has 6 heteroatoms. The molecule has 2 unspecified atom stereocenters. The number of carbonyl (C=O) groups excluding carboxylic acids is 2. The summed E-state index contributed by atoms with van der Waals surface area (Å²) in [5.74, 6) is -1.63. The number of hydrogen-bond acceptors (Lipinski definition) is 3. The van der Waals surface area contributed by atoms with Gasteiger partial charge in [-0.25, -0.2) is 0 Å². The number of carbonyl (C=O) groups is 3. The van der Waals surface area contributed by atoms with E-state index in [1.54, 1.807) is 31.2 Å². The van der Waals surface area contributed by atoms with Crippen LogP contribution in [0, 0.1) is 5.92 Å². The van der Waals surface area contributed by atoms with Gasteiger partial charge < -0.3 is 15.7 Å². The lowest BCUT2D eigenvalue weighted by Gasteiger charge is -2.34. The molecule has 0 heterocycles. The lowest BCUT2D eigenvalue weighted by atomic mass is 9.85. The first-order chi connectivity index (χ1) is 13.7. The Hall–Kier alpha value is -3.15. The van der Waals surface area contributed by atoms with E-state index < -0.39 is 17.6 Å². The molecule has 2 atom stereocenters. The molecule has 0 saturated carbocycles. The van der Waals surface area contributed by atoms with Gasteiger partial charge in [0.2, 0.25) is 5.91 Å². The number of benzene rings is 2. The van der Waals surface area contributed by atoms with Gasteiger partial charge in [0.25, 0.3) is 5.91 Å². The largest absolute Gasteiger partial charge is 0.481 e. The molecule has 3 N–H and O–H groups in total. The molecule has 2 rings (SSSR count). The summed E-state index contributed by atoms with van der Waals surface area (Å²) in [6.45, 7) is 5.47. The van der Waals surface area contributed by atoms with E-state index in [4.69, 9.17) is 0 Å². The van der Waals surface area contributed by atoms with E-state index in [9.17, 15) is 19.5 Å². The molecule has 0 radical (unpaired) electrons. The van der Waals surface area contributed by atoms with Crippen molar-refractivity contribution in [2.75, 3.05) is 0 Å². The van der Waals surface area contributed by atoms with E-state index >= 15 is 0 Å². The molecule has 154 valence electrons. The highest BCUT2D eigenvalue weighted by Gasteiger charge is 2.33. The normalized spacial score (nSPS) is 13.9. The highest BCUT2D eigenvalue weighted by Crippen LogP contribution is 2.23. The van der Waals surface area contributed by atoms with Crippen LogP contribution >= 0.6 is 0 Å². The second kappa shape index (κ2) is 9.87. The smallest absolute Gasteiger partial charge is 0.305 e. The summed E-state index contributed by atoms with van der Waals surface area (Å²) in [7, 11) is 0. The van der Waals surface area contributed by atoms with Crippen molar-refractivity contribution >= 4 is 17.8 Å². The van der Waals surface area contributed by atoms with Crippen LogP contribution in [-0.2, 0) is 9.59 Å². The van der Waals surface area contributed by atoms with E-state index in [0.29, 0.717) is 5.56 Å². The van der Waals surface area contributed by atoms with Crippen molar-refractivity contribution in [1.29, 1.82) is 0 Å². The summed E-state index contributed by atoms with van der Waals surface area (Å²) in [6.07, 6.45) is -0.173. The van der Waals surface area contributed by atoms with Gasteiger partial charge in [0.05, 0.1) is 18.9 Å². The van der Waals surface area contributed by atoms with Crippen LogP contribution in [0.15, 0.2) is 60.7 Å². The Bertz CT molecular complexity index is 836. The van der Waals surface area contributed by atoms with Gasteiger partial charge in [0.15, 0.2) is 0 Å². The number of carboxylic acids is 1. The molecule has 0 spiro atoms. The van der Waals surface area contributed by atoms with Crippen LogP contribution in [0.5, 0.6) is 0 Å². The fourth-order valence-corrected chi connectivity index (χ4v) is 3.03. The molecule has 29 heavy (non-hydrogen) atoms. The maximum Gasteiger partial charge on any atom is 0.305 e. The average molecular weight is 396 g/mol. The summed E-state index contributed by atoms with van der Waals surface area (Å²) < 4.78 is 0. The van der Waals surface area contributed by atoms with Crippen molar-refractivity contribution in [3.8, 4) is 0 Å². The van der Waals surface area contributed by atoms with E-state index in [2.05, 4.69) is 10.6 Å². The third-order valence-corrected chi connectivity index (χ3v) is 5.15. The molecule has 0 aliphatic heterocycles. The summed E-state index contributed by atoms with van der Waals surface area (Å²) in [5, 5.41) is 15.0. The lowest BCUT2D eigenvalue weighted by Crippen LogP contribution is -2.52. The molecule has 0 aromatic heterocycles. The van der Waals surface area contributed by atoms with Gasteiger partial charge in [-0.15, -0.1) is 0 Å². The van der Waals surface area contributed by atoms with Crippen molar-refractivity contribution in [1.82, 2.24) is 10.6 Å². The number of carboxylic acid groups (broad SMARTS) is 1. The van der Waals surface area contributed by atoms with Gasteiger partial charge in [0, 0.05) is 11.1 Å². The zero-order valence-corrected chi connectivity index (χ0v) is 17.0. The quantitative estimate of drug-likeness (QED) is 0.604. The van der Waals surface area contributed by atoms with Crippen LogP contribution in [0.1, 0.15) is 55.6 Å². The van der Waals surface area contributed by atoms with E-state index in [0.717, 1.165) is 5.56 Å². The molecule has 0 aliphatic carbocycles. The van der Waals surface area contributed by atoms with Crippen LogP contribution < -0.4 is 10.6 Å². The minimum absolute atomic E-state index is 0.00448. The molecular weight excluding hydrogens is 368 g/mol. The van der Waals surface area contributed by atoms with Gasteiger partial charge in [0.1, 0.15) is 0 Å². The molecular formula is C23H28N2O4. The lowest BCUT2D eigenvalue weighted by molar-refractivity contribution is -0.139. The molecule has 0 fully saturated rings. The van der Waals surface area contributed by atoms with Crippen molar-refractivity contribution in [3.05, 3.63) is 71.8 Å². The molecule has 0 saturated heterocycles. The molecule has 2 aromatic carbocycles. The van der Waals surface area contributed by atoms with Crippen LogP contribution in [0.4, 0.5) is 0 Å². The van der Waals surface area contributed by atoms with Crippen LogP contribution in [0.2, 0.25) is 0 Å². The van der Waals surface area contributed by atoms with E-state index in [-0.39, 0.29) is 30.6 Å². The fraction of sp³-hybridized carbons (Fsp3) is 0.348. The van der Waals surface area contributed by atoms with Gasteiger partial charge in [-0.1, -0.05) is 62.4 Å². The maximum absolute atomic E-state index is 12.8. The Kier molecular flexibility index (Phi) is 7.53. The number of hydrogen-bond donors (Lipinski definition) is 3. The van der Waals surface area contributed by atoms with Gasteiger partial charge in [-0.3, -0.25) is 14.4 Å². The molecule has 2 amide bonds. The predicted molar refractivity (Wildman–Crippen MR) is 111 cm³/mol. The molecule has 0 aliphatic rings. The first kappa shape index (κ1) is 22.1. The highest BCUT2D eigenvalue weighted by atomic mass is 16.4. The summed E-state index contributed by atoms with van der Waals surface area (Å²) in [5.41, 5.74) is 0.427. The average Bonchev–Trinajstić information content (AvgIpc) is 2.68. The first-order valence-corrected chi connectivity index (χ1v) is 9.65. The second-order valence-corrected chi connectivity index (χ2v) is 7.70. The minimum atomic E-state index is -0.974. The number of rotatable bonds is 9. The Morgan fingerprint density at radius 3 is 2.03 bits per heavy atom. The molecule has 0 bridgehead atoms. The number of nitrogens with one attached hydrogen (secondary N) is 2. The highest BCUT2D eigenvalue weighted by molar-refractivity contribution is 5.94. The van der Waals surface area contributed by atoms with Crippen LogP contribution in [-0.4, -0.2) is 28.4 Å². The summed E-state index contributed by atoms with van der Waals surface area (Å²) in [6, 6.07) is 17.5. The molecule has 2 aromatic rings. The Morgan fingerprint density at radius 2 is 1.52 bits per heavy atom. The standard InChI is InChI=1S/C23H28N2O4/c1-16(2)23(3,15-21(27)28)25-20(26)14-19(17-10-6-4-7-11-17)24-22(29)18-12-8-5-9-13-18/h4-13,16,19H,14-15H2,1-3H3,(H,24,29)(H,25,26)(H,27,28). The molecule has 6 nitrogen and oxygen atoms in total. The van der Waals surface area contributed by atoms with E-state index in [1.165, 1.54) is 0 Å². The maximum atomic E-state index is 12.8. The summed E-state index contributed by atoms with van der Waals surface area (Å²) >= 11 is 0. The predicted octanol–water partition coefficient (Wildman–Crippen LogP) is 3.55. The van der Waals surface area contributed by atoms with Crippen molar-refractivity contribution in [2.24, 2.45) is 5.92 Å². The van der Waals surface area contributed by atoms with Crippen molar-refractivity contribution in [3.63, 3.8) is 0 Å². The van der Waals surface area contributed by atoms with Crippen LogP contribution in [0.3, 0.4) is 0 Å². The van der Waals surface area contributed by atoms with E-state index in [1.807, 2.05) is 50.2 Å². The number of amides is 2. The zero-order valence-electron chi connectivity index (χ0n) is 17.0. The Labute approximate surface area is 171 Å². The van der Waals surface area contributed by atoms with Crippen molar-refractivity contribution < 1.29 is 19.5 Å². The number of aliphatic carboxylic acids is 1. The van der Waals surface area contributed by atoms with Gasteiger partial charge in [-0.05, 0) is 30.5 Å². The third kappa shape index (κ3) is 6.45. The fourth-order valence-electron chi connectivity index (χ4n) is 3.03.